The van der Waals surface area contributed by atoms with Crippen molar-refractivity contribution in [2.75, 3.05) is 25.6 Å². The molecule has 0 amide bonds. The molecule has 0 spiro atoms. The minimum atomic E-state index is -4.31. The lowest BCUT2D eigenvalue weighted by Gasteiger charge is -2.20. The molecule has 0 atom stereocenters. The van der Waals surface area contributed by atoms with Gasteiger partial charge in [-0.2, -0.15) is 13.2 Å². The highest BCUT2D eigenvalue weighted by atomic mass is 19.4. The second-order valence-electron chi connectivity index (χ2n) is 4.24. The third-order valence-electron chi connectivity index (χ3n) is 2.75. The Morgan fingerprint density at radius 1 is 1.43 bits per heavy atom. The maximum atomic E-state index is 12.2. The molecule has 0 fully saturated rings. The summed E-state index contributed by atoms with van der Waals surface area (Å²) >= 11 is 0. The molecular weight excluding hydrogens is 293 g/mol. The van der Waals surface area contributed by atoms with Crippen LogP contribution in [0.4, 0.5) is 24.5 Å². The first-order valence-corrected chi connectivity index (χ1v) is 5.80. The van der Waals surface area contributed by atoms with Crippen LogP contribution >= 0.6 is 0 Å². The first kappa shape index (κ1) is 16.7. The molecule has 0 aliphatic heterocycles. The zero-order valence-corrected chi connectivity index (χ0v) is 11.3. The van der Waals surface area contributed by atoms with Crippen LogP contribution in [0.3, 0.4) is 0 Å². The summed E-state index contributed by atoms with van der Waals surface area (Å²) in [7, 11) is 2.46. The third kappa shape index (κ3) is 4.62. The zero-order valence-electron chi connectivity index (χ0n) is 11.3. The van der Waals surface area contributed by atoms with Crippen molar-refractivity contribution < 1.29 is 27.6 Å². The number of benzene rings is 1. The Balaban J connectivity index is 3.03. The molecule has 21 heavy (non-hydrogen) atoms. The van der Waals surface area contributed by atoms with Crippen LogP contribution in [0.15, 0.2) is 18.2 Å². The summed E-state index contributed by atoms with van der Waals surface area (Å²) in [4.78, 5) is 22.8. The van der Waals surface area contributed by atoms with Crippen LogP contribution in [0.2, 0.25) is 0 Å². The molecule has 0 radical (unpaired) electrons. The molecule has 116 valence electrons. The van der Waals surface area contributed by atoms with Crippen molar-refractivity contribution in [3.63, 3.8) is 0 Å². The Hall–Kier alpha value is -2.32. The Labute approximate surface area is 118 Å². The largest absolute Gasteiger partial charge is 0.465 e. The lowest BCUT2D eigenvalue weighted by atomic mass is 10.1. The predicted molar refractivity (Wildman–Crippen MR) is 68.4 cm³/mol. The van der Waals surface area contributed by atoms with Crippen LogP contribution in [0.5, 0.6) is 0 Å². The minimum absolute atomic E-state index is 0.207. The summed E-state index contributed by atoms with van der Waals surface area (Å²) < 4.78 is 40.9. The SMILES string of the molecule is COC(=O)c1ccc(N(C)CCC(F)(F)F)cc1[N+](=O)[O-]. The minimum Gasteiger partial charge on any atom is -0.465 e. The van der Waals surface area contributed by atoms with Crippen molar-refractivity contribution >= 4 is 17.3 Å². The van der Waals surface area contributed by atoms with E-state index in [0.29, 0.717) is 0 Å². The van der Waals surface area contributed by atoms with Crippen molar-refractivity contribution in [2.24, 2.45) is 0 Å². The highest BCUT2D eigenvalue weighted by Crippen LogP contribution is 2.27. The predicted octanol–water partition coefficient (Wildman–Crippen LogP) is 2.77. The number of carbonyl (C=O) groups excluding carboxylic acids is 1. The first-order valence-electron chi connectivity index (χ1n) is 5.80. The van der Waals surface area contributed by atoms with Crippen LogP contribution in [-0.4, -0.2) is 37.8 Å². The number of hydrogen-bond acceptors (Lipinski definition) is 5. The number of esters is 1. The maximum Gasteiger partial charge on any atom is 0.390 e. The standard InChI is InChI=1S/C12H13F3N2O4/c1-16(6-5-12(13,14)15)8-3-4-9(11(18)21-2)10(7-8)17(19)20/h3-4,7H,5-6H2,1-2H3. The van der Waals surface area contributed by atoms with Gasteiger partial charge in [-0.15, -0.1) is 0 Å². The zero-order chi connectivity index (χ0) is 16.2. The highest BCUT2D eigenvalue weighted by molar-refractivity contribution is 5.94. The average molecular weight is 306 g/mol. The van der Waals surface area contributed by atoms with E-state index in [1.165, 1.54) is 18.0 Å². The Morgan fingerprint density at radius 2 is 2.05 bits per heavy atom. The van der Waals surface area contributed by atoms with Crippen molar-refractivity contribution in [2.45, 2.75) is 12.6 Å². The van der Waals surface area contributed by atoms with Gasteiger partial charge < -0.3 is 9.64 Å². The molecule has 9 heteroatoms. The molecule has 0 unspecified atom stereocenters. The number of nitro groups is 1. The van der Waals surface area contributed by atoms with Gasteiger partial charge in [-0.25, -0.2) is 4.79 Å². The Bertz CT molecular complexity index is 546. The van der Waals surface area contributed by atoms with Gasteiger partial charge in [0.15, 0.2) is 0 Å². The highest BCUT2D eigenvalue weighted by Gasteiger charge is 2.28. The summed E-state index contributed by atoms with van der Waals surface area (Å²) in [6, 6.07) is 3.53. The monoisotopic (exact) mass is 306 g/mol. The number of ether oxygens (including phenoxy) is 1. The fraction of sp³-hybridized carbons (Fsp3) is 0.417. The van der Waals surface area contributed by atoms with E-state index in [1.807, 2.05) is 0 Å². The van der Waals surface area contributed by atoms with Crippen LogP contribution in [0.25, 0.3) is 0 Å². The molecule has 1 rings (SSSR count). The number of hydrogen-bond donors (Lipinski definition) is 0. The van der Waals surface area contributed by atoms with E-state index in [4.69, 9.17) is 0 Å². The fourth-order valence-corrected chi connectivity index (χ4v) is 1.61. The number of nitro benzene ring substituents is 1. The van der Waals surface area contributed by atoms with E-state index in [9.17, 15) is 28.1 Å². The average Bonchev–Trinajstić information content (AvgIpc) is 2.42. The van der Waals surface area contributed by atoms with Crippen molar-refractivity contribution in [1.29, 1.82) is 0 Å². The second kappa shape index (κ2) is 6.42. The van der Waals surface area contributed by atoms with Gasteiger partial charge in [0.25, 0.3) is 5.69 Å². The summed E-state index contributed by atoms with van der Waals surface area (Å²) in [5.41, 5.74) is -0.563. The molecule has 0 aliphatic carbocycles. The van der Waals surface area contributed by atoms with E-state index in [-0.39, 0.29) is 17.8 Å². The summed E-state index contributed by atoms with van der Waals surface area (Å²) in [6.07, 6.45) is -5.36. The van der Waals surface area contributed by atoms with Gasteiger partial charge in [-0.3, -0.25) is 10.1 Å². The van der Waals surface area contributed by atoms with Crippen LogP contribution in [0.1, 0.15) is 16.8 Å². The van der Waals surface area contributed by atoms with Crippen LogP contribution in [-0.2, 0) is 4.74 Å². The van der Waals surface area contributed by atoms with Crippen molar-refractivity contribution in [1.82, 2.24) is 0 Å². The summed E-state index contributed by atoms with van der Waals surface area (Å²) in [5, 5.41) is 10.9. The number of methoxy groups -OCH3 is 1. The molecule has 1 aromatic rings. The maximum absolute atomic E-state index is 12.2. The lowest BCUT2D eigenvalue weighted by molar-refractivity contribution is -0.385. The van der Waals surface area contributed by atoms with E-state index in [2.05, 4.69) is 4.74 Å². The van der Waals surface area contributed by atoms with E-state index < -0.39 is 29.2 Å². The van der Waals surface area contributed by atoms with Gasteiger partial charge in [0.1, 0.15) is 5.56 Å². The number of alkyl halides is 3. The molecule has 6 nitrogen and oxygen atoms in total. The topological polar surface area (TPSA) is 72.7 Å². The Morgan fingerprint density at radius 3 is 2.52 bits per heavy atom. The van der Waals surface area contributed by atoms with Gasteiger partial charge in [0.05, 0.1) is 18.5 Å². The smallest absolute Gasteiger partial charge is 0.390 e. The van der Waals surface area contributed by atoms with Gasteiger partial charge in [-0.1, -0.05) is 0 Å². The fourth-order valence-electron chi connectivity index (χ4n) is 1.61. The molecule has 0 saturated carbocycles. The van der Waals surface area contributed by atoms with E-state index in [0.717, 1.165) is 19.2 Å². The number of nitrogens with zero attached hydrogens (tertiary/aromatic N) is 2. The number of carbonyl (C=O) groups is 1. The molecule has 0 saturated heterocycles. The van der Waals surface area contributed by atoms with Gasteiger partial charge in [-0.05, 0) is 12.1 Å². The van der Waals surface area contributed by atoms with Gasteiger partial charge >= 0.3 is 12.1 Å². The molecule has 0 heterocycles. The van der Waals surface area contributed by atoms with Crippen molar-refractivity contribution in [3.8, 4) is 0 Å². The van der Waals surface area contributed by atoms with E-state index in [1.54, 1.807) is 0 Å². The van der Waals surface area contributed by atoms with E-state index >= 15 is 0 Å². The van der Waals surface area contributed by atoms with Gasteiger partial charge in [0, 0.05) is 25.3 Å². The molecule has 1 aromatic carbocycles. The van der Waals surface area contributed by atoms with Crippen molar-refractivity contribution in [3.05, 3.63) is 33.9 Å². The molecule has 0 aliphatic rings. The summed E-state index contributed by atoms with van der Waals surface area (Å²) in [6.45, 7) is -0.349. The van der Waals surface area contributed by atoms with Crippen LogP contribution < -0.4 is 4.90 Å². The molecule has 0 N–H and O–H groups in total. The first-order chi connectivity index (χ1) is 9.65. The second-order valence-corrected chi connectivity index (χ2v) is 4.24. The third-order valence-corrected chi connectivity index (χ3v) is 2.75. The normalized spacial score (nSPS) is 11.1. The lowest BCUT2D eigenvalue weighted by Crippen LogP contribution is -2.24. The Kier molecular flexibility index (Phi) is 5.12. The number of halogens is 3. The molecule has 0 aromatic heterocycles. The van der Waals surface area contributed by atoms with Crippen LogP contribution in [0, 0.1) is 10.1 Å². The quantitative estimate of drug-likeness (QED) is 0.475. The molecule has 0 bridgehead atoms. The molecular formula is C12H13F3N2O4. The number of anilines is 1. The van der Waals surface area contributed by atoms with Gasteiger partial charge in [0.2, 0.25) is 0 Å². The summed E-state index contributed by atoms with van der Waals surface area (Å²) in [5.74, 6) is -0.883. The number of rotatable bonds is 5.